The van der Waals surface area contributed by atoms with Gasteiger partial charge in [-0.25, -0.2) is 0 Å². The number of aromatic hydroxyl groups is 1. The van der Waals surface area contributed by atoms with Crippen LogP contribution in [0.1, 0.15) is 23.8 Å². The number of hydrogen-bond donors (Lipinski definition) is 2. The molecule has 0 saturated heterocycles. The molecule has 0 radical (unpaired) electrons. The second-order valence-corrected chi connectivity index (χ2v) is 5.92. The predicted octanol–water partition coefficient (Wildman–Crippen LogP) is 3.61. The molecule has 1 unspecified atom stereocenters. The minimum absolute atomic E-state index is 0.339. The Bertz CT molecular complexity index is 464. The van der Waals surface area contributed by atoms with Crippen molar-refractivity contribution in [3.05, 3.63) is 52.2 Å². The monoisotopic (exact) mass is 275 g/mol. The van der Waals surface area contributed by atoms with Crippen molar-refractivity contribution in [3.8, 4) is 5.75 Å². The first-order valence-corrected chi connectivity index (χ1v) is 7.65. The summed E-state index contributed by atoms with van der Waals surface area (Å²) < 4.78 is 0. The first-order chi connectivity index (χ1) is 9.24. The fourth-order valence-electron chi connectivity index (χ4n) is 2.04. The lowest BCUT2D eigenvalue weighted by atomic mass is 10.1. The maximum Gasteiger partial charge on any atom is 0.115 e. The third kappa shape index (κ3) is 5.05. The largest absolute Gasteiger partial charge is 0.508 e. The van der Waals surface area contributed by atoms with E-state index in [-0.39, 0.29) is 0 Å². The highest BCUT2D eigenvalue weighted by Crippen LogP contribution is 2.12. The van der Waals surface area contributed by atoms with E-state index < -0.39 is 0 Å². The van der Waals surface area contributed by atoms with Gasteiger partial charge in [0, 0.05) is 17.5 Å². The smallest absolute Gasteiger partial charge is 0.115 e. The normalized spacial score (nSPS) is 12.5. The van der Waals surface area contributed by atoms with Crippen LogP contribution in [0.3, 0.4) is 0 Å². The van der Waals surface area contributed by atoms with Crippen molar-refractivity contribution >= 4 is 11.3 Å². The SMILES string of the molecule is CC(CCc1ccc(O)cc1)NCCc1cccs1. The maximum absolute atomic E-state index is 9.23. The summed E-state index contributed by atoms with van der Waals surface area (Å²) in [6.45, 7) is 3.27. The summed E-state index contributed by atoms with van der Waals surface area (Å²) in [5, 5.41) is 14.9. The van der Waals surface area contributed by atoms with Crippen molar-refractivity contribution in [2.24, 2.45) is 0 Å². The molecule has 0 spiro atoms. The van der Waals surface area contributed by atoms with E-state index in [9.17, 15) is 5.11 Å². The van der Waals surface area contributed by atoms with Gasteiger partial charge >= 0.3 is 0 Å². The van der Waals surface area contributed by atoms with Crippen LogP contribution in [0.2, 0.25) is 0 Å². The van der Waals surface area contributed by atoms with Crippen LogP contribution in [-0.2, 0) is 12.8 Å². The third-order valence-corrected chi connectivity index (χ3v) is 4.18. The zero-order valence-corrected chi connectivity index (χ0v) is 12.1. The summed E-state index contributed by atoms with van der Waals surface area (Å²) >= 11 is 1.82. The van der Waals surface area contributed by atoms with Gasteiger partial charge in [-0.15, -0.1) is 11.3 Å². The number of aryl methyl sites for hydroxylation is 1. The molecule has 2 aromatic rings. The molecule has 0 saturated carbocycles. The molecule has 102 valence electrons. The molecule has 0 aliphatic rings. The summed E-state index contributed by atoms with van der Waals surface area (Å²) in [4.78, 5) is 1.44. The van der Waals surface area contributed by atoms with Gasteiger partial charge in [-0.05, 0) is 55.3 Å². The zero-order valence-electron chi connectivity index (χ0n) is 11.3. The summed E-state index contributed by atoms with van der Waals surface area (Å²) in [6.07, 6.45) is 3.28. The van der Waals surface area contributed by atoms with Crippen LogP contribution in [-0.4, -0.2) is 17.7 Å². The molecule has 19 heavy (non-hydrogen) atoms. The lowest BCUT2D eigenvalue weighted by molar-refractivity contribution is 0.474. The fourth-order valence-corrected chi connectivity index (χ4v) is 2.75. The Morgan fingerprint density at radius 2 is 1.95 bits per heavy atom. The summed E-state index contributed by atoms with van der Waals surface area (Å²) in [7, 11) is 0. The Morgan fingerprint density at radius 3 is 2.63 bits per heavy atom. The Labute approximate surface area is 119 Å². The molecule has 2 rings (SSSR count). The van der Waals surface area contributed by atoms with Crippen molar-refractivity contribution in [2.45, 2.75) is 32.2 Å². The Morgan fingerprint density at radius 1 is 1.16 bits per heavy atom. The van der Waals surface area contributed by atoms with Crippen LogP contribution < -0.4 is 5.32 Å². The van der Waals surface area contributed by atoms with Gasteiger partial charge in [0.15, 0.2) is 0 Å². The number of phenolic OH excluding ortho intramolecular Hbond substituents is 1. The lowest BCUT2D eigenvalue weighted by Gasteiger charge is -2.13. The third-order valence-electron chi connectivity index (χ3n) is 3.25. The molecule has 2 nitrogen and oxygen atoms in total. The maximum atomic E-state index is 9.23. The molecule has 0 aliphatic heterocycles. The fraction of sp³-hybridized carbons (Fsp3) is 0.375. The van der Waals surface area contributed by atoms with Crippen LogP contribution in [0.5, 0.6) is 5.75 Å². The number of rotatable bonds is 7. The zero-order chi connectivity index (χ0) is 13.5. The molecule has 3 heteroatoms. The molecular formula is C16H21NOS. The standard InChI is InChI=1S/C16H21NOS/c1-13(17-11-10-16-3-2-12-19-16)4-5-14-6-8-15(18)9-7-14/h2-3,6-9,12-13,17-18H,4-5,10-11H2,1H3. The molecule has 0 fully saturated rings. The molecule has 1 aromatic heterocycles. The van der Waals surface area contributed by atoms with E-state index in [2.05, 4.69) is 29.8 Å². The minimum Gasteiger partial charge on any atom is -0.508 e. The van der Waals surface area contributed by atoms with E-state index in [1.807, 2.05) is 23.5 Å². The van der Waals surface area contributed by atoms with Gasteiger partial charge in [0.1, 0.15) is 5.75 Å². The minimum atomic E-state index is 0.339. The van der Waals surface area contributed by atoms with Crippen LogP contribution in [0.4, 0.5) is 0 Å². The van der Waals surface area contributed by atoms with E-state index in [0.717, 1.165) is 25.8 Å². The van der Waals surface area contributed by atoms with Gasteiger partial charge in [-0.3, -0.25) is 0 Å². The molecule has 1 atom stereocenters. The number of thiophene rings is 1. The van der Waals surface area contributed by atoms with Crippen LogP contribution in [0.15, 0.2) is 41.8 Å². The van der Waals surface area contributed by atoms with Crippen LogP contribution >= 0.6 is 11.3 Å². The molecule has 0 aliphatic carbocycles. The molecule has 0 amide bonds. The molecule has 2 N–H and O–H groups in total. The highest BCUT2D eigenvalue weighted by molar-refractivity contribution is 7.09. The number of benzene rings is 1. The second-order valence-electron chi connectivity index (χ2n) is 4.89. The van der Waals surface area contributed by atoms with Crippen LogP contribution in [0.25, 0.3) is 0 Å². The first kappa shape index (κ1) is 14.1. The van der Waals surface area contributed by atoms with Gasteiger partial charge in [-0.1, -0.05) is 18.2 Å². The number of phenols is 1. The Balaban J connectivity index is 1.64. The highest BCUT2D eigenvalue weighted by Gasteiger charge is 2.02. The topological polar surface area (TPSA) is 32.3 Å². The average molecular weight is 275 g/mol. The number of nitrogens with one attached hydrogen (secondary N) is 1. The van der Waals surface area contributed by atoms with Gasteiger partial charge in [0.2, 0.25) is 0 Å². The van der Waals surface area contributed by atoms with Crippen molar-refractivity contribution < 1.29 is 5.11 Å². The Kier molecular flexibility index (Phi) is 5.43. The van der Waals surface area contributed by atoms with Crippen molar-refractivity contribution in [1.29, 1.82) is 0 Å². The molecular weight excluding hydrogens is 254 g/mol. The summed E-state index contributed by atoms with van der Waals surface area (Å²) in [5.74, 6) is 0.339. The summed E-state index contributed by atoms with van der Waals surface area (Å²) in [5.41, 5.74) is 1.28. The van der Waals surface area contributed by atoms with E-state index in [0.29, 0.717) is 11.8 Å². The van der Waals surface area contributed by atoms with Gasteiger partial charge in [-0.2, -0.15) is 0 Å². The van der Waals surface area contributed by atoms with Crippen molar-refractivity contribution in [1.82, 2.24) is 5.32 Å². The van der Waals surface area contributed by atoms with Crippen molar-refractivity contribution in [3.63, 3.8) is 0 Å². The second kappa shape index (κ2) is 7.31. The van der Waals surface area contributed by atoms with Gasteiger partial charge < -0.3 is 10.4 Å². The van der Waals surface area contributed by atoms with E-state index in [1.165, 1.54) is 10.4 Å². The lowest BCUT2D eigenvalue weighted by Crippen LogP contribution is -2.28. The molecule has 1 aromatic carbocycles. The number of hydrogen-bond acceptors (Lipinski definition) is 3. The van der Waals surface area contributed by atoms with E-state index >= 15 is 0 Å². The van der Waals surface area contributed by atoms with Crippen molar-refractivity contribution in [2.75, 3.05) is 6.54 Å². The average Bonchev–Trinajstić information content (AvgIpc) is 2.91. The highest BCUT2D eigenvalue weighted by atomic mass is 32.1. The first-order valence-electron chi connectivity index (χ1n) is 6.78. The molecule has 1 heterocycles. The van der Waals surface area contributed by atoms with Gasteiger partial charge in [0.25, 0.3) is 0 Å². The quantitative estimate of drug-likeness (QED) is 0.809. The van der Waals surface area contributed by atoms with Gasteiger partial charge in [0.05, 0.1) is 0 Å². The van der Waals surface area contributed by atoms with E-state index in [1.54, 1.807) is 12.1 Å². The Hall–Kier alpha value is -1.32. The van der Waals surface area contributed by atoms with E-state index in [4.69, 9.17) is 0 Å². The summed E-state index contributed by atoms with van der Waals surface area (Å²) in [6, 6.07) is 12.3. The molecule has 0 bridgehead atoms. The predicted molar refractivity (Wildman–Crippen MR) is 81.9 cm³/mol. The van der Waals surface area contributed by atoms with Crippen LogP contribution in [0, 0.1) is 0 Å².